The Morgan fingerprint density at radius 2 is 1.37 bits per heavy atom. The number of amides is 5. The van der Waals surface area contributed by atoms with E-state index in [4.69, 9.17) is 20.3 Å². The number of epoxide rings is 1. The lowest BCUT2D eigenvalue weighted by Gasteiger charge is -2.26. The molecule has 1 heterocycles. The number of nitrogens with two attached hydrogens (primary N) is 1. The topological polar surface area (TPSA) is 285 Å². The first-order valence-corrected chi connectivity index (χ1v) is 16.3. The maximum Gasteiger partial charge on any atom is 0.408 e. The molecule has 52 heavy (non-hydrogen) atoms. The van der Waals surface area contributed by atoms with Crippen LogP contribution in [0.5, 0.6) is 0 Å². The SMILES string of the molecule is CC(C)[C@H](NC(=O)[C@H](CCC(=O)O)NC(=O)OCc1ccccc1)C(=O)N[C@@H](CC(=O)O)C(=O)NNC(=O)C1OC1C(=O)C(N)Cc1ccccc1. The highest BCUT2D eigenvalue weighted by Gasteiger charge is 2.51. The number of benzene rings is 2. The number of Topliss-reactive ketones (excluding diaryl/α,β-unsaturated/α-hetero) is 1. The lowest BCUT2D eigenvalue weighted by Crippen LogP contribution is -2.59. The van der Waals surface area contributed by atoms with E-state index in [2.05, 4.69) is 16.0 Å². The number of alkyl carbamates (subject to hydrolysis) is 1. The summed E-state index contributed by atoms with van der Waals surface area (Å²) in [6.07, 6.45) is -5.06. The van der Waals surface area contributed by atoms with Gasteiger partial charge in [0.05, 0.1) is 12.5 Å². The summed E-state index contributed by atoms with van der Waals surface area (Å²) in [5, 5.41) is 25.5. The Hall–Kier alpha value is -5.88. The first-order chi connectivity index (χ1) is 24.7. The first-order valence-electron chi connectivity index (χ1n) is 16.3. The van der Waals surface area contributed by atoms with Gasteiger partial charge in [0.2, 0.25) is 11.8 Å². The van der Waals surface area contributed by atoms with Crippen LogP contribution in [0.15, 0.2) is 60.7 Å². The maximum absolute atomic E-state index is 13.3. The zero-order valence-corrected chi connectivity index (χ0v) is 28.4. The molecule has 2 aromatic carbocycles. The number of carbonyl (C=O) groups excluding carboxylic acids is 6. The molecule has 1 aliphatic heterocycles. The summed E-state index contributed by atoms with van der Waals surface area (Å²) in [7, 11) is 0. The van der Waals surface area contributed by atoms with Gasteiger partial charge in [-0.25, -0.2) is 4.79 Å². The number of hydrogen-bond donors (Lipinski definition) is 8. The average Bonchev–Trinajstić information content (AvgIpc) is 3.91. The van der Waals surface area contributed by atoms with Gasteiger partial charge in [-0.15, -0.1) is 0 Å². The summed E-state index contributed by atoms with van der Waals surface area (Å²) in [6, 6.07) is 12.0. The maximum atomic E-state index is 13.3. The van der Waals surface area contributed by atoms with Crippen LogP contribution >= 0.6 is 0 Å². The third kappa shape index (κ3) is 13.1. The third-order valence-electron chi connectivity index (χ3n) is 7.73. The van der Waals surface area contributed by atoms with Crippen molar-refractivity contribution in [1.82, 2.24) is 26.8 Å². The van der Waals surface area contributed by atoms with Crippen molar-refractivity contribution in [1.29, 1.82) is 0 Å². The Bertz CT molecular complexity index is 1610. The van der Waals surface area contributed by atoms with Crippen LogP contribution in [0.1, 0.15) is 44.2 Å². The summed E-state index contributed by atoms with van der Waals surface area (Å²) < 4.78 is 10.3. The smallest absolute Gasteiger partial charge is 0.408 e. The van der Waals surface area contributed by atoms with Crippen LogP contribution in [0.25, 0.3) is 0 Å². The van der Waals surface area contributed by atoms with Gasteiger partial charge in [0, 0.05) is 6.42 Å². The predicted octanol–water partition coefficient (Wildman–Crippen LogP) is -0.700. The van der Waals surface area contributed by atoms with Crippen molar-refractivity contribution in [3.05, 3.63) is 71.8 Å². The number of ketones is 1. The normalized spacial score (nSPS) is 16.9. The van der Waals surface area contributed by atoms with Crippen LogP contribution in [0.3, 0.4) is 0 Å². The fourth-order valence-electron chi connectivity index (χ4n) is 4.87. The molecule has 0 aliphatic carbocycles. The number of carboxylic acid groups (broad SMARTS) is 2. The largest absolute Gasteiger partial charge is 0.481 e. The van der Waals surface area contributed by atoms with Crippen molar-refractivity contribution in [3.63, 3.8) is 0 Å². The Morgan fingerprint density at radius 3 is 1.94 bits per heavy atom. The molecular weight excluding hydrogens is 684 g/mol. The molecule has 3 rings (SSSR count). The molecule has 1 saturated heterocycles. The number of ether oxygens (including phenoxy) is 2. The van der Waals surface area contributed by atoms with Gasteiger partial charge in [0.25, 0.3) is 11.8 Å². The molecule has 1 fully saturated rings. The highest BCUT2D eigenvalue weighted by Crippen LogP contribution is 2.24. The molecule has 2 aromatic rings. The number of hydrogen-bond acceptors (Lipinski definition) is 11. The Kier molecular flexibility index (Phi) is 15.2. The molecule has 0 saturated carbocycles. The van der Waals surface area contributed by atoms with Crippen LogP contribution < -0.4 is 32.5 Å². The van der Waals surface area contributed by atoms with Crippen molar-refractivity contribution in [2.24, 2.45) is 11.7 Å². The first kappa shape index (κ1) is 40.5. The number of aliphatic carboxylic acids is 2. The molecule has 280 valence electrons. The van der Waals surface area contributed by atoms with E-state index in [9.17, 15) is 43.5 Å². The average molecular weight is 727 g/mol. The van der Waals surface area contributed by atoms with Crippen molar-refractivity contribution >= 4 is 47.4 Å². The number of carbonyl (C=O) groups is 8. The van der Waals surface area contributed by atoms with Gasteiger partial charge in [0.1, 0.15) is 24.7 Å². The Labute approximate surface area is 298 Å². The van der Waals surface area contributed by atoms with E-state index in [1.807, 2.05) is 10.9 Å². The molecule has 0 spiro atoms. The van der Waals surface area contributed by atoms with Gasteiger partial charge in [-0.05, 0) is 29.9 Å². The van der Waals surface area contributed by atoms with Crippen LogP contribution in [-0.4, -0.2) is 94.0 Å². The van der Waals surface area contributed by atoms with Crippen molar-refractivity contribution in [2.75, 3.05) is 0 Å². The highest BCUT2D eigenvalue weighted by molar-refractivity contribution is 6.00. The molecular formula is C34H42N6O12. The van der Waals surface area contributed by atoms with Crippen molar-refractivity contribution in [3.8, 4) is 0 Å². The quantitative estimate of drug-likeness (QED) is 0.0658. The molecule has 0 aromatic heterocycles. The molecule has 6 atom stereocenters. The van der Waals surface area contributed by atoms with Gasteiger partial charge >= 0.3 is 18.0 Å². The zero-order valence-electron chi connectivity index (χ0n) is 28.4. The molecule has 3 unspecified atom stereocenters. The van der Waals surface area contributed by atoms with Gasteiger partial charge < -0.3 is 41.4 Å². The predicted molar refractivity (Wildman–Crippen MR) is 179 cm³/mol. The van der Waals surface area contributed by atoms with E-state index in [1.165, 1.54) is 13.8 Å². The highest BCUT2D eigenvalue weighted by atomic mass is 16.6. The van der Waals surface area contributed by atoms with Crippen LogP contribution in [0, 0.1) is 5.92 Å². The number of carboxylic acids is 2. The number of rotatable bonds is 19. The standard InChI is InChI=1S/C34H42N6O12/c1-18(2)26(38-30(46)22(13-14-24(41)42)37-34(50)51-17-20-11-7-4-8-12-20)32(48)36-23(16-25(43)44)31(47)39-40-33(49)29-28(52-29)27(45)21(35)15-19-9-5-3-6-10-19/h3-12,18,21-23,26,28-29H,13-17,35H2,1-2H3,(H,36,48)(H,37,50)(H,38,46)(H,39,47)(H,40,49)(H,41,42)(H,43,44)/t21?,22-,23-,26-,28?,29?/m0/s1. The van der Waals surface area contributed by atoms with Crippen molar-refractivity contribution < 1.29 is 58.0 Å². The molecule has 0 bridgehead atoms. The summed E-state index contributed by atoms with van der Waals surface area (Å²) >= 11 is 0. The van der Waals surface area contributed by atoms with E-state index in [1.54, 1.807) is 60.7 Å². The van der Waals surface area contributed by atoms with Crippen LogP contribution in [0.4, 0.5) is 4.79 Å². The van der Waals surface area contributed by atoms with E-state index >= 15 is 0 Å². The van der Waals surface area contributed by atoms with E-state index in [-0.39, 0.29) is 19.4 Å². The van der Waals surface area contributed by atoms with E-state index in [0.29, 0.717) is 5.56 Å². The second kappa shape index (κ2) is 19.5. The molecule has 5 amide bonds. The lowest BCUT2D eigenvalue weighted by atomic mass is 10.0. The van der Waals surface area contributed by atoms with Crippen molar-refractivity contribution in [2.45, 2.75) is 82.5 Å². The molecule has 18 nitrogen and oxygen atoms in total. The Morgan fingerprint density at radius 1 is 0.750 bits per heavy atom. The third-order valence-corrected chi connectivity index (χ3v) is 7.73. The van der Waals surface area contributed by atoms with Crippen LogP contribution in [-0.2, 0) is 56.1 Å². The minimum absolute atomic E-state index is 0.139. The van der Waals surface area contributed by atoms with E-state index < -0.39 is 103 Å². The minimum Gasteiger partial charge on any atom is -0.481 e. The summed E-state index contributed by atoms with van der Waals surface area (Å²) in [5.41, 5.74) is 11.5. The summed E-state index contributed by atoms with van der Waals surface area (Å²) in [6.45, 7) is 2.92. The molecule has 1 aliphatic rings. The minimum atomic E-state index is -1.76. The second-order valence-corrected chi connectivity index (χ2v) is 12.2. The van der Waals surface area contributed by atoms with Gasteiger partial charge in [-0.2, -0.15) is 0 Å². The number of hydrazine groups is 1. The fourth-order valence-corrected chi connectivity index (χ4v) is 4.87. The molecule has 18 heteroatoms. The Balaban J connectivity index is 1.57. The monoisotopic (exact) mass is 726 g/mol. The van der Waals surface area contributed by atoms with E-state index in [0.717, 1.165) is 5.56 Å². The number of nitrogens with one attached hydrogen (secondary N) is 5. The summed E-state index contributed by atoms with van der Waals surface area (Å²) in [5.74, 6) is -7.95. The second-order valence-electron chi connectivity index (χ2n) is 12.2. The van der Waals surface area contributed by atoms with Gasteiger partial charge in [0.15, 0.2) is 18.0 Å². The van der Waals surface area contributed by atoms with Gasteiger partial charge in [-0.1, -0.05) is 74.5 Å². The van der Waals surface area contributed by atoms with Crippen LogP contribution in [0.2, 0.25) is 0 Å². The molecule has 9 N–H and O–H groups in total. The van der Waals surface area contributed by atoms with Gasteiger partial charge in [-0.3, -0.25) is 44.4 Å². The lowest BCUT2D eigenvalue weighted by molar-refractivity contribution is -0.142. The summed E-state index contributed by atoms with van der Waals surface area (Å²) in [4.78, 5) is 99.9. The fraction of sp³-hybridized carbons (Fsp3) is 0.412. The zero-order chi connectivity index (χ0) is 38.4. The molecule has 0 radical (unpaired) electrons.